The van der Waals surface area contributed by atoms with E-state index in [1.807, 2.05) is 31.2 Å². The van der Waals surface area contributed by atoms with Crippen molar-refractivity contribution in [1.29, 1.82) is 0 Å². The zero-order valence-corrected chi connectivity index (χ0v) is 19.7. The predicted octanol–water partition coefficient (Wildman–Crippen LogP) is 2.84. The van der Waals surface area contributed by atoms with E-state index in [0.29, 0.717) is 0 Å². The highest BCUT2D eigenvalue weighted by Gasteiger charge is 2.26. The summed E-state index contributed by atoms with van der Waals surface area (Å²) in [4.78, 5) is 26.7. The normalized spacial score (nSPS) is 12.2. The maximum absolute atomic E-state index is 14.2. The van der Waals surface area contributed by atoms with Gasteiger partial charge in [-0.05, 0) is 38.0 Å². The van der Waals surface area contributed by atoms with Gasteiger partial charge in [0.1, 0.15) is 11.9 Å². The molecule has 0 heterocycles. The third kappa shape index (κ3) is 6.78. The molecule has 0 saturated carbocycles. The molecule has 174 valence electrons. The number of nitrogens with one attached hydrogen (secondary N) is 1. The lowest BCUT2D eigenvalue weighted by atomic mass is 10.1. The number of amides is 2. The minimum Gasteiger partial charge on any atom is -0.357 e. The van der Waals surface area contributed by atoms with Crippen LogP contribution in [0.4, 0.5) is 10.1 Å². The van der Waals surface area contributed by atoms with E-state index in [0.717, 1.165) is 21.7 Å². The molecule has 0 aliphatic heterocycles. The van der Waals surface area contributed by atoms with Gasteiger partial charge in [0.2, 0.25) is 21.8 Å². The molecule has 7 nitrogen and oxygen atoms in total. The first kappa shape index (κ1) is 25.3. The van der Waals surface area contributed by atoms with E-state index in [1.54, 1.807) is 13.0 Å². The molecule has 2 aromatic carbocycles. The van der Waals surface area contributed by atoms with Crippen LogP contribution in [0.5, 0.6) is 0 Å². The number of halogens is 1. The van der Waals surface area contributed by atoms with E-state index >= 15 is 0 Å². The highest BCUT2D eigenvalue weighted by Crippen LogP contribution is 2.22. The van der Waals surface area contributed by atoms with Gasteiger partial charge in [-0.1, -0.05) is 42.0 Å². The number of carbonyl (C=O) groups excluding carboxylic acids is 2. The van der Waals surface area contributed by atoms with E-state index in [2.05, 4.69) is 5.32 Å². The molecule has 0 aliphatic rings. The molecule has 0 saturated heterocycles. The number of nitrogens with zero attached hydrogens (tertiary/aromatic N) is 2. The minimum atomic E-state index is -3.74. The summed E-state index contributed by atoms with van der Waals surface area (Å²) in [5.74, 6) is -1.24. The molecule has 1 N–H and O–H groups in total. The fourth-order valence-electron chi connectivity index (χ4n) is 3.32. The molecule has 0 fully saturated rings. The van der Waals surface area contributed by atoms with Gasteiger partial charge in [-0.2, -0.15) is 0 Å². The van der Waals surface area contributed by atoms with Gasteiger partial charge in [0.25, 0.3) is 0 Å². The molecular formula is C23H30FN3O4S. The second-order valence-electron chi connectivity index (χ2n) is 7.69. The fraction of sp³-hybridized carbons (Fsp3) is 0.391. The van der Waals surface area contributed by atoms with Gasteiger partial charge in [-0.3, -0.25) is 13.9 Å². The summed E-state index contributed by atoms with van der Waals surface area (Å²) in [6, 6.07) is 12.6. The zero-order valence-electron chi connectivity index (χ0n) is 18.8. The molecule has 9 heteroatoms. The van der Waals surface area contributed by atoms with Crippen LogP contribution in [0.1, 0.15) is 30.9 Å². The van der Waals surface area contributed by atoms with E-state index in [-0.39, 0.29) is 43.4 Å². The van der Waals surface area contributed by atoms with E-state index in [4.69, 9.17) is 0 Å². The van der Waals surface area contributed by atoms with Crippen LogP contribution in [0, 0.1) is 12.7 Å². The summed E-state index contributed by atoms with van der Waals surface area (Å²) in [7, 11) is -2.23. The number of para-hydroxylation sites is 1. The second-order valence-corrected chi connectivity index (χ2v) is 9.59. The molecule has 2 aromatic rings. The number of hydrogen-bond donors (Lipinski definition) is 1. The Balaban J connectivity index is 2.14. The molecular weight excluding hydrogens is 433 g/mol. The largest absolute Gasteiger partial charge is 0.357 e. The van der Waals surface area contributed by atoms with Crippen molar-refractivity contribution in [2.45, 2.75) is 39.3 Å². The Morgan fingerprint density at radius 2 is 1.72 bits per heavy atom. The Morgan fingerprint density at radius 3 is 2.28 bits per heavy atom. The number of benzene rings is 2. The molecule has 0 radical (unpaired) electrons. The number of aryl methyl sites for hydroxylation is 1. The van der Waals surface area contributed by atoms with Gasteiger partial charge in [-0.25, -0.2) is 12.8 Å². The molecule has 1 atom stereocenters. The van der Waals surface area contributed by atoms with Crippen molar-refractivity contribution in [3.63, 3.8) is 0 Å². The number of sulfonamides is 1. The first-order chi connectivity index (χ1) is 15.0. The van der Waals surface area contributed by atoms with Crippen LogP contribution in [0.25, 0.3) is 0 Å². The summed E-state index contributed by atoms with van der Waals surface area (Å²) in [6.45, 7) is 3.80. The monoisotopic (exact) mass is 463 g/mol. The molecule has 2 amide bonds. The molecule has 0 aromatic heterocycles. The van der Waals surface area contributed by atoms with Crippen LogP contribution in [0.2, 0.25) is 0 Å². The zero-order chi connectivity index (χ0) is 23.9. The summed E-state index contributed by atoms with van der Waals surface area (Å²) in [5, 5.41) is 2.55. The van der Waals surface area contributed by atoms with Crippen LogP contribution >= 0.6 is 0 Å². The Morgan fingerprint density at radius 1 is 1.09 bits per heavy atom. The molecule has 0 aliphatic carbocycles. The van der Waals surface area contributed by atoms with Crippen molar-refractivity contribution in [3.8, 4) is 0 Å². The van der Waals surface area contributed by atoms with E-state index in [9.17, 15) is 22.4 Å². The molecule has 1 unspecified atom stereocenters. The highest BCUT2D eigenvalue weighted by molar-refractivity contribution is 7.92. The fourth-order valence-corrected chi connectivity index (χ4v) is 4.28. The Labute approximate surface area is 189 Å². The van der Waals surface area contributed by atoms with Crippen LogP contribution in [0.3, 0.4) is 0 Å². The molecule has 0 bridgehead atoms. The summed E-state index contributed by atoms with van der Waals surface area (Å²) in [6.07, 6.45) is 1.18. The standard InChI is InChI=1S/C23H30FN3O4S/c1-17-11-13-19(14-12-17)16-26(18(2)23(29)25-3)22(28)10-7-15-27(32(4,30)31)21-9-6-5-8-20(21)24/h5-6,8-9,11-14,18H,7,10,15-16H2,1-4H3,(H,25,29). The van der Waals surface area contributed by atoms with Gasteiger partial charge in [0, 0.05) is 26.6 Å². The lowest BCUT2D eigenvalue weighted by Gasteiger charge is -2.29. The van der Waals surface area contributed by atoms with Crippen LogP contribution < -0.4 is 9.62 Å². The average molecular weight is 464 g/mol. The number of anilines is 1. The van der Waals surface area contributed by atoms with Gasteiger partial charge >= 0.3 is 0 Å². The van der Waals surface area contributed by atoms with E-state index < -0.39 is 21.9 Å². The van der Waals surface area contributed by atoms with Gasteiger partial charge in [0.15, 0.2) is 0 Å². The topological polar surface area (TPSA) is 86.8 Å². The minimum absolute atomic E-state index is 0.00761. The molecule has 0 spiro atoms. The number of rotatable bonds is 10. The van der Waals surface area contributed by atoms with Crippen LogP contribution in [0.15, 0.2) is 48.5 Å². The summed E-state index contributed by atoms with van der Waals surface area (Å²) < 4.78 is 39.5. The number of likely N-dealkylation sites (N-methyl/N-ethyl adjacent to an activating group) is 1. The Kier molecular flexibility index (Phi) is 8.77. The van der Waals surface area contributed by atoms with Gasteiger partial charge < -0.3 is 10.2 Å². The van der Waals surface area contributed by atoms with Crippen molar-refractivity contribution in [1.82, 2.24) is 10.2 Å². The Hall–Kier alpha value is -2.94. The molecule has 2 rings (SSSR count). The maximum atomic E-state index is 14.2. The third-order valence-corrected chi connectivity index (χ3v) is 6.34. The molecule has 32 heavy (non-hydrogen) atoms. The highest BCUT2D eigenvalue weighted by atomic mass is 32.2. The summed E-state index contributed by atoms with van der Waals surface area (Å²) >= 11 is 0. The summed E-state index contributed by atoms with van der Waals surface area (Å²) in [5.41, 5.74) is 1.90. The third-order valence-electron chi connectivity index (χ3n) is 5.16. The van der Waals surface area contributed by atoms with E-state index in [1.165, 1.54) is 30.1 Å². The maximum Gasteiger partial charge on any atom is 0.242 e. The number of carbonyl (C=O) groups is 2. The van der Waals surface area contributed by atoms with Gasteiger partial charge in [0.05, 0.1) is 11.9 Å². The second kappa shape index (κ2) is 11.1. The van der Waals surface area contributed by atoms with Crippen molar-refractivity contribution in [3.05, 3.63) is 65.5 Å². The van der Waals surface area contributed by atoms with Crippen molar-refractivity contribution < 1.29 is 22.4 Å². The quantitative estimate of drug-likeness (QED) is 0.587. The first-order valence-corrected chi connectivity index (χ1v) is 12.2. The van der Waals surface area contributed by atoms with Crippen molar-refractivity contribution >= 4 is 27.5 Å². The average Bonchev–Trinajstić information content (AvgIpc) is 2.75. The first-order valence-electron chi connectivity index (χ1n) is 10.3. The predicted molar refractivity (Wildman–Crippen MR) is 123 cm³/mol. The van der Waals surface area contributed by atoms with Crippen molar-refractivity contribution in [2.75, 3.05) is 24.2 Å². The van der Waals surface area contributed by atoms with Crippen molar-refractivity contribution in [2.24, 2.45) is 0 Å². The number of hydrogen-bond acceptors (Lipinski definition) is 4. The van der Waals surface area contributed by atoms with Crippen LogP contribution in [-0.4, -0.2) is 51.0 Å². The lowest BCUT2D eigenvalue weighted by molar-refractivity contribution is -0.140. The smallest absolute Gasteiger partial charge is 0.242 e. The van der Waals surface area contributed by atoms with Crippen LogP contribution in [-0.2, 0) is 26.2 Å². The lowest BCUT2D eigenvalue weighted by Crippen LogP contribution is -2.46. The Bertz CT molecular complexity index is 1040. The van der Waals surface area contributed by atoms with Gasteiger partial charge in [-0.15, -0.1) is 0 Å². The SMILES string of the molecule is CNC(=O)C(C)N(Cc1ccc(C)cc1)C(=O)CCCN(c1ccccc1F)S(C)(=O)=O.